The molecule has 1 aliphatic heterocycles. The van der Waals surface area contributed by atoms with Gasteiger partial charge in [0.05, 0.1) is 5.25 Å². The molecular formula is C9H20N2O2S. The van der Waals surface area contributed by atoms with Crippen molar-refractivity contribution in [3.05, 3.63) is 0 Å². The van der Waals surface area contributed by atoms with Crippen molar-refractivity contribution in [3.63, 3.8) is 0 Å². The van der Waals surface area contributed by atoms with Gasteiger partial charge in [0.25, 0.3) is 0 Å². The van der Waals surface area contributed by atoms with E-state index in [2.05, 4.69) is 5.32 Å². The number of rotatable bonds is 1. The van der Waals surface area contributed by atoms with Gasteiger partial charge in [-0.05, 0) is 40.5 Å². The van der Waals surface area contributed by atoms with Gasteiger partial charge < -0.3 is 5.32 Å². The molecule has 0 bridgehead atoms. The molecule has 1 aliphatic rings. The minimum Gasteiger partial charge on any atom is -0.307 e. The minimum absolute atomic E-state index is 0.168. The van der Waals surface area contributed by atoms with Crippen LogP contribution in [-0.4, -0.2) is 24.7 Å². The van der Waals surface area contributed by atoms with Gasteiger partial charge in [0, 0.05) is 11.1 Å². The number of sulfonamides is 1. The van der Waals surface area contributed by atoms with Crippen LogP contribution in [0.1, 0.15) is 40.5 Å². The predicted molar refractivity (Wildman–Crippen MR) is 57.4 cm³/mol. The second-order valence-corrected chi connectivity index (χ2v) is 7.36. The first-order valence-electron chi connectivity index (χ1n) is 4.83. The molecule has 1 saturated heterocycles. The largest absolute Gasteiger partial charge is 0.307 e. The maximum absolute atomic E-state index is 11.3. The lowest BCUT2D eigenvalue weighted by Crippen LogP contribution is -2.61. The van der Waals surface area contributed by atoms with E-state index in [1.54, 1.807) is 0 Å². The van der Waals surface area contributed by atoms with Crippen molar-refractivity contribution < 1.29 is 8.42 Å². The van der Waals surface area contributed by atoms with Crippen LogP contribution in [-0.2, 0) is 10.0 Å². The molecule has 1 rings (SSSR count). The van der Waals surface area contributed by atoms with Crippen LogP contribution in [0.15, 0.2) is 0 Å². The SMILES string of the molecule is CC1(C)CC(S(N)(=O)=O)CC(C)(C)N1. The summed E-state index contributed by atoms with van der Waals surface area (Å²) in [7, 11) is -3.41. The van der Waals surface area contributed by atoms with E-state index in [-0.39, 0.29) is 11.1 Å². The first kappa shape index (κ1) is 11.9. The van der Waals surface area contributed by atoms with Gasteiger partial charge in [-0.2, -0.15) is 0 Å². The molecule has 4 nitrogen and oxygen atoms in total. The number of hydrogen-bond donors (Lipinski definition) is 2. The highest BCUT2D eigenvalue weighted by atomic mass is 32.2. The van der Waals surface area contributed by atoms with E-state index in [1.165, 1.54) is 0 Å². The van der Waals surface area contributed by atoms with Gasteiger partial charge in [0.2, 0.25) is 10.0 Å². The lowest BCUT2D eigenvalue weighted by Gasteiger charge is -2.45. The fraction of sp³-hybridized carbons (Fsp3) is 1.00. The second kappa shape index (κ2) is 3.18. The highest BCUT2D eigenvalue weighted by Gasteiger charge is 2.41. The molecule has 3 N–H and O–H groups in total. The van der Waals surface area contributed by atoms with Crippen LogP contribution >= 0.6 is 0 Å². The van der Waals surface area contributed by atoms with Crippen molar-refractivity contribution in [2.75, 3.05) is 0 Å². The Morgan fingerprint density at radius 1 is 1.14 bits per heavy atom. The summed E-state index contributed by atoms with van der Waals surface area (Å²) in [5, 5.41) is 8.19. The minimum atomic E-state index is -3.41. The van der Waals surface area contributed by atoms with E-state index < -0.39 is 15.3 Å². The van der Waals surface area contributed by atoms with Crippen molar-refractivity contribution in [3.8, 4) is 0 Å². The fourth-order valence-corrected chi connectivity index (χ4v) is 3.76. The Morgan fingerprint density at radius 3 is 1.79 bits per heavy atom. The van der Waals surface area contributed by atoms with E-state index in [0.29, 0.717) is 12.8 Å². The van der Waals surface area contributed by atoms with Crippen LogP contribution in [0.5, 0.6) is 0 Å². The lowest BCUT2D eigenvalue weighted by atomic mass is 9.82. The fourth-order valence-electron chi connectivity index (χ4n) is 2.46. The average Bonchev–Trinajstić information content (AvgIpc) is 1.76. The number of nitrogens with two attached hydrogens (primary N) is 1. The van der Waals surface area contributed by atoms with Gasteiger partial charge in [0.15, 0.2) is 0 Å². The van der Waals surface area contributed by atoms with Gasteiger partial charge in [-0.25, -0.2) is 13.6 Å². The molecule has 14 heavy (non-hydrogen) atoms. The van der Waals surface area contributed by atoms with Gasteiger partial charge in [-0.15, -0.1) is 0 Å². The lowest BCUT2D eigenvalue weighted by molar-refractivity contribution is 0.185. The summed E-state index contributed by atoms with van der Waals surface area (Å²) in [4.78, 5) is 0. The quantitative estimate of drug-likeness (QED) is 0.679. The van der Waals surface area contributed by atoms with Crippen LogP contribution in [0.2, 0.25) is 0 Å². The first-order valence-corrected chi connectivity index (χ1v) is 6.44. The molecule has 0 unspecified atom stereocenters. The summed E-state index contributed by atoms with van der Waals surface area (Å²) in [5.41, 5.74) is -0.336. The molecule has 1 heterocycles. The molecule has 0 aromatic heterocycles. The third-order valence-electron chi connectivity index (χ3n) is 2.62. The smallest absolute Gasteiger partial charge is 0.212 e. The predicted octanol–water partition coefficient (Wildman–Crippen LogP) is 0.584. The highest BCUT2D eigenvalue weighted by molar-refractivity contribution is 7.89. The van der Waals surface area contributed by atoms with E-state index in [4.69, 9.17) is 5.14 Å². The van der Waals surface area contributed by atoms with Crippen LogP contribution in [0, 0.1) is 0 Å². The maximum Gasteiger partial charge on any atom is 0.212 e. The van der Waals surface area contributed by atoms with Crippen LogP contribution < -0.4 is 10.5 Å². The molecule has 5 heteroatoms. The number of primary sulfonamides is 1. The van der Waals surface area contributed by atoms with Gasteiger partial charge in [-0.1, -0.05) is 0 Å². The average molecular weight is 220 g/mol. The van der Waals surface area contributed by atoms with E-state index in [1.807, 2.05) is 27.7 Å². The zero-order chi connectivity index (χ0) is 11.2. The molecule has 0 amide bonds. The third kappa shape index (κ3) is 2.93. The normalized spacial score (nSPS) is 27.5. The van der Waals surface area contributed by atoms with Crippen molar-refractivity contribution >= 4 is 10.0 Å². The molecule has 0 atom stereocenters. The van der Waals surface area contributed by atoms with Crippen molar-refractivity contribution in [2.45, 2.75) is 56.9 Å². The number of nitrogens with one attached hydrogen (secondary N) is 1. The van der Waals surface area contributed by atoms with E-state index in [9.17, 15) is 8.42 Å². The van der Waals surface area contributed by atoms with E-state index >= 15 is 0 Å². The van der Waals surface area contributed by atoms with Crippen molar-refractivity contribution in [1.82, 2.24) is 5.32 Å². The maximum atomic E-state index is 11.3. The molecule has 84 valence electrons. The van der Waals surface area contributed by atoms with Gasteiger partial charge in [0.1, 0.15) is 0 Å². The molecule has 0 radical (unpaired) electrons. The monoisotopic (exact) mass is 220 g/mol. The standard InChI is InChI=1S/C9H20N2O2S/c1-8(2)5-7(14(10,12)13)6-9(3,4)11-8/h7,11H,5-6H2,1-4H3,(H2,10,12,13). The summed E-state index contributed by atoms with van der Waals surface area (Å²) in [6, 6.07) is 0. The molecular weight excluding hydrogens is 200 g/mol. The molecule has 0 saturated carbocycles. The van der Waals surface area contributed by atoms with Crippen molar-refractivity contribution in [1.29, 1.82) is 0 Å². The second-order valence-electron chi connectivity index (χ2n) is 5.51. The van der Waals surface area contributed by atoms with Gasteiger partial charge in [-0.3, -0.25) is 0 Å². The molecule has 0 aliphatic carbocycles. The first-order chi connectivity index (χ1) is 6.02. The Labute approximate surface area is 86.3 Å². The van der Waals surface area contributed by atoms with E-state index in [0.717, 1.165) is 0 Å². The molecule has 0 aromatic carbocycles. The summed E-state index contributed by atoms with van der Waals surface area (Å²) in [6.07, 6.45) is 1.16. The van der Waals surface area contributed by atoms with Crippen LogP contribution in [0.25, 0.3) is 0 Å². The summed E-state index contributed by atoms with van der Waals surface area (Å²) in [5.74, 6) is 0. The molecule has 0 spiro atoms. The third-order valence-corrected chi connectivity index (χ3v) is 3.88. The number of hydrogen-bond acceptors (Lipinski definition) is 3. The Hall–Kier alpha value is -0.130. The van der Waals surface area contributed by atoms with Crippen molar-refractivity contribution in [2.24, 2.45) is 5.14 Å². The molecule has 1 fully saturated rings. The Morgan fingerprint density at radius 2 is 1.50 bits per heavy atom. The number of piperidine rings is 1. The molecule has 0 aromatic rings. The Balaban J connectivity index is 2.93. The topological polar surface area (TPSA) is 72.2 Å². The highest BCUT2D eigenvalue weighted by Crippen LogP contribution is 2.31. The zero-order valence-corrected chi connectivity index (χ0v) is 10.1. The van der Waals surface area contributed by atoms with Crippen LogP contribution in [0.3, 0.4) is 0 Å². The zero-order valence-electron chi connectivity index (χ0n) is 9.29. The van der Waals surface area contributed by atoms with Crippen LogP contribution in [0.4, 0.5) is 0 Å². The summed E-state index contributed by atoms with van der Waals surface area (Å²) >= 11 is 0. The van der Waals surface area contributed by atoms with Gasteiger partial charge >= 0.3 is 0 Å². The summed E-state index contributed by atoms with van der Waals surface area (Å²) < 4.78 is 22.6. The Kier molecular flexibility index (Phi) is 2.71. The Bertz CT molecular complexity index is 304. The summed E-state index contributed by atoms with van der Waals surface area (Å²) in [6.45, 7) is 8.02.